The first-order valence-corrected chi connectivity index (χ1v) is 7.03. The van der Waals surface area contributed by atoms with Crippen LogP contribution < -0.4 is 10.6 Å². The quantitative estimate of drug-likeness (QED) is 0.841. The van der Waals surface area contributed by atoms with Crippen LogP contribution in [0.2, 0.25) is 0 Å². The van der Waals surface area contributed by atoms with Crippen LogP contribution in [0.15, 0.2) is 18.2 Å². The Morgan fingerprint density at radius 2 is 1.89 bits per heavy atom. The molecule has 0 aliphatic carbocycles. The average molecular weight is 263 g/mol. The summed E-state index contributed by atoms with van der Waals surface area (Å²) in [6.45, 7) is 9.35. The summed E-state index contributed by atoms with van der Waals surface area (Å²) in [6.07, 6.45) is -0.396. The lowest BCUT2D eigenvalue weighted by Crippen LogP contribution is -2.49. The number of benzene rings is 1. The Morgan fingerprint density at radius 3 is 2.53 bits per heavy atom. The predicted molar refractivity (Wildman–Crippen MR) is 79.6 cm³/mol. The lowest BCUT2D eigenvalue weighted by Gasteiger charge is -2.37. The Kier molecular flexibility index (Phi) is 4.80. The van der Waals surface area contributed by atoms with Crippen LogP contribution in [0.25, 0.3) is 0 Å². The summed E-state index contributed by atoms with van der Waals surface area (Å²) < 4.78 is 0. The van der Waals surface area contributed by atoms with Crippen molar-refractivity contribution in [2.75, 3.05) is 44.2 Å². The van der Waals surface area contributed by atoms with Gasteiger partial charge in [-0.05, 0) is 31.0 Å². The molecule has 0 aromatic heterocycles. The molecule has 1 aromatic rings. The number of aliphatic hydroxyl groups is 1. The van der Waals surface area contributed by atoms with Crippen molar-refractivity contribution in [1.29, 1.82) is 0 Å². The Bertz CT molecular complexity index is 414. The van der Waals surface area contributed by atoms with Gasteiger partial charge in [0.15, 0.2) is 0 Å². The van der Waals surface area contributed by atoms with Gasteiger partial charge < -0.3 is 15.7 Å². The SMILES string of the molecule is Cc1ccc(C)c(N2CCN(CC(O)CN)CC2)c1. The number of anilines is 1. The van der Waals surface area contributed by atoms with Crippen molar-refractivity contribution in [2.24, 2.45) is 5.73 Å². The second-order valence-electron chi connectivity index (χ2n) is 5.47. The first kappa shape index (κ1) is 14.3. The van der Waals surface area contributed by atoms with Crippen LogP contribution in [0.5, 0.6) is 0 Å². The molecule has 1 fully saturated rings. The molecule has 1 aliphatic heterocycles. The van der Waals surface area contributed by atoms with Gasteiger partial charge in [-0.1, -0.05) is 12.1 Å². The van der Waals surface area contributed by atoms with Gasteiger partial charge in [0.25, 0.3) is 0 Å². The van der Waals surface area contributed by atoms with Crippen molar-refractivity contribution in [2.45, 2.75) is 20.0 Å². The molecule has 0 amide bonds. The van der Waals surface area contributed by atoms with E-state index in [4.69, 9.17) is 5.73 Å². The molecule has 1 aliphatic rings. The van der Waals surface area contributed by atoms with Gasteiger partial charge in [0.1, 0.15) is 0 Å². The van der Waals surface area contributed by atoms with Crippen LogP contribution in [-0.2, 0) is 0 Å². The maximum atomic E-state index is 9.59. The van der Waals surface area contributed by atoms with E-state index in [-0.39, 0.29) is 0 Å². The fourth-order valence-electron chi connectivity index (χ4n) is 2.60. The molecule has 1 heterocycles. The average Bonchev–Trinajstić information content (AvgIpc) is 2.42. The molecular formula is C15H25N3O. The van der Waals surface area contributed by atoms with Crippen LogP contribution in [0.3, 0.4) is 0 Å². The summed E-state index contributed by atoms with van der Waals surface area (Å²) in [5.74, 6) is 0. The number of aryl methyl sites for hydroxylation is 2. The number of nitrogens with two attached hydrogens (primary N) is 1. The van der Waals surface area contributed by atoms with Crippen molar-refractivity contribution in [3.05, 3.63) is 29.3 Å². The first-order chi connectivity index (χ1) is 9.10. The van der Waals surface area contributed by atoms with E-state index in [0.717, 1.165) is 26.2 Å². The number of rotatable bonds is 4. The van der Waals surface area contributed by atoms with Crippen molar-refractivity contribution < 1.29 is 5.11 Å². The highest BCUT2D eigenvalue weighted by molar-refractivity contribution is 5.55. The van der Waals surface area contributed by atoms with E-state index in [2.05, 4.69) is 41.8 Å². The normalized spacial score (nSPS) is 18.6. The fraction of sp³-hybridized carbons (Fsp3) is 0.600. The van der Waals surface area contributed by atoms with Crippen molar-refractivity contribution in [1.82, 2.24) is 4.90 Å². The van der Waals surface area contributed by atoms with Crippen LogP contribution in [0.1, 0.15) is 11.1 Å². The third-order valence-corrected chi connectivity index (χ3v) is 3.82. The molecule has 1 unspecified atom stereocenters. The molecule has 2 rings (SSSR count). The predicted octanol–water partition coefficient (Wildman–Crippen LogP) is 0.745. The number of hydrogen-bond donors (Lipinski definition) is 2. The van der Waals surface area contributed by atoms with E-state index in [1.54, 1.807) is 0 Å². The van der Waals surface area contributed by atoms with E-state index < -0.39 is 6.10 Å². The Hall–Kier alpha value is -1.10. The third kappa shape index (κ3) is 3.69. The van der Waals surface area contributed by atoms with Gasteiger partial charge in [0, 0.05) is 45.0 Å². The lowest BCUT2D eigenvalue weighted by atomic mass is 10.1. The topological polar surface area (TPSA) is 52.7 Å². The van der Waals surface area contributed by atoms with Gasteiger partial charge in [-0.25, -0.2) is 0 Å². The lowest BCUT2D eigenvalue weighted by molar-refractivity contribution is 0.115. The number of aliphatic hydroxyl groups excluding tert-OH is 1. The molecule has 0 bridgehead atoms. The van der Waals surface area contributed by atoms with Crippen molar-refractivity contribution in [3.63, 3.8) is 0 Å². The molecule has 4 nitrogen and oxygen atoms in total. The molecule has 3 N–H and O–H groups in total. The minimum atomic E-state index is -0.396. The van der Waals surface area contributed by atoms with Crippen LogP contribution in [0, 0.1) is 13.8 Å². The highest BCUT2D eigenvalue weighted by atomic mass is 16.3. The number of hydrogen-bond acceptors (Lipinski definition) is 4. The summed E-state index contributed by atoms with van der Waals surface area (Å²) in [4.78, 5) is 4.73. The molecule has 0 radical (unpaired) electrons. The summed E-state index contributed by atoms with van der Waals surface area (Å²) in [5, 5.41) is 9.59. The Labute approximate surface area is 115 Å². The molecule has 0 saturated carbocycles. The maximum absolute atomic E-state index is 9.59. The molecule has 1 atom stereocenters. The minimum absolute atomic E-state index is 0.344. The summed E-state index contributed by atoms with van der Waals surface area (Å²) in [5.41, 5.74) is 9.44. The molecule has 19 heavy (non-hydrogen) atoms. The van der Waals surface area contributed by atoms with Crippen LogP contribution >= 0.6 is 0 Å². The van der Waals surface area contributed by atoms with E-state index in [1.807, 2.05) is 0 Å². The largest absolute Gasteiger partial charge is 0.390 e. The second-order valence-corrected chi connectivity index (χ2v) is 5.47. The number of nitrogens with zero attached hydrogens (tertiary/aromatic N) is 2. The van der Waals surface area contributed by atoms with Gasteiger partial charge in [-0.3, -0.25) is 4.90 Å². The minimum Gasteiger partial charge on any atom is -0.390 e. The molecular weight excluding hydrogens is 238 g/mol. The standard InChI is InChI=1S/C15H25N3O/c1-12-3-4-13(2)15(9-12)18-7-5-17(6-8-18)11-14(19)10-16/h3-4,9,14,19H,5-8,10-11,16H2,1-2H3. The van der Waals surface area contributed by atoms with Crippen molar-refractivity contribution in [3.8, 4) is 0 Å². The van der Waals surface area contributed by atoms with E-state index >= 15 is 0 Å². The summed E-state index contributed by atoms with van der Waals surface area (Å²) in [7, 11) is 0. The van der Waals surface area contributed by atoms with Gasteiger partial charge in [-0.15, -0.1) is 0 Å². The second kappa shape index (κ2) is 6.37. The van der Waals surface area contributed by atoms with Gasteiger partial charge >= 0.3 is 0 Å². The van der Waals surface area contributed by atoms with Crippen LogP contribution in [-0.4, -0.2) is 55.4 Å². The Morgan fingerprint density at radius 1 is 1.21 bits per heavy atom. The molecule has 1 saturated heterocycles. The fourth-order valence-corrected chi connectivity index (χ4v) is 2.60. The van der Waals surface area contributed by atoms with Gasteiger partial charge in [0.2, 0.25) is 0 Å². The summed E-state index contributed by atoms with van der Waals surface area (Å²) >= 11 is 0. The monoisotopic (exact) mass is 263 g/mol. The summed E-state index contributed by atoms with van der Waals surface area (Å²) in [6, 6.07) is 6.61. The zero-order valence-corrected chi connectivity index (χ0v) is 12.0. The number of β-amino-alcohol motifs (C(OH)–C–C–N with tert-alkyl or cyclic N) is 1. The highest BCUT2D eigenvalue weighted by Gasteiger charge is 2.19. The molecule has 4 heteroatoms. The molecule has 0 spiro atoms. The third-order valence-electron chi connectivity index (χ3n) is 3.82. The maximum Gasteiger partial charge on any atom is 0.0789 e. The molecule has 1 aromatic carbocycles. The Balaban J connectivity index is 1.94. The van der Waals surface area contributed by atoms with E-state index in [9.17, 15) is 5.11 Å². The highest BCUT2D eigenvalue weighted by Crippen LogP contribution is 2.22. The van der Waals surface area contributed by atoms with Crippen molar-refractivity contribution >= 4 is 5.69 Å². The van der Waals surface area contributed by atoms with E-state index in [0.29, 0.717) is 13.1 Å². The van der Waals surface area contributed by atoms with Gasteiger partial charge in [0.05, 0.1) is 6.10 Å². The van der Waals surface area contributed by atoms with E-state index in [1.165, 1.54) is 16.8 Å². The number of piperazine rings is 1. The van der Waals surface area contributed by atoms with Gasteiger partial charge in [-0.2, -0.15) is 0 Å². The first-order valence-electron chi connectivity index (χ1n) is 7.03. The smallest absolute Gasteiger partial charge is 0.0789 e. The zero-order valence-electron chi connectivity index (χ0n) is 12.0. The molecule has 106 valence electrons. The van der Waals surface area contributed by atoms with Crippen LogP contribution in [0.4, 0.5) is 5.69 Å². The zero-order chi connectivity index (χ0) is 13.8.